The average Bonchev–Trinajstić information content (AvgIpc) is 3.38. The number of rotatable bonds is 5. The highest BCUT2D eigenvalue weighted by atomic mass is 19.3. The van der Waals surface area contributed by atoms with Crippen molar-refractivity contribution in [2.24, 2.45) is 0 Å². The first kappa shape index (κ1) is 21.4. The number of fused-ring (bicyclic) bond motifs is 3. The number of likely N-dealkylation sites (tertiary alicyclic amines) is 1. The van der Waals surface area contributed by atoms with Crippen LogP contribution >= 0.6 is 0 Å². The van der Waals surface area contributed by atoms with E-state index in [0.717, 1.165) is 22.3 Å². The molecule has 1 unspecified atom stereocenters. The number of carboxylic acid groups (broad SMARTS) is 1. The standard InChI is InChI=1S/C24H22F2N2O5/c25-24(26)11-19(20(29)30)28(13-24)21(31)23(9-10-23)27-22(32)33-12-18-16-7-3-1-5-14(16)15-6-2-4-8-17(15)18/h1-8,18-19H,9-13H2,(H,27,32)(H,29,30). The van der Waals surface area contributed by atoms with Gasteiger partial charge in [0.2, 0.25) is 5.91 Å². The Bertz CT molecular complexity index is 1100. The van der Waals surface area contributed by atoms with Crippen LogP contribution in [-0.4, -0.2) is 58.6 Å². The van der Waals surface area contributed by atoms with Crippen LogP contribution in [0.4, 0.5) is 13.6 Å². The lowest BCUT2D eigenvalue weighted by Crippen LogP contribution is -2.53. The molecule has 7 nitrogen and oxygen atoms in total. The third-order valence-electron chi connectivity index (χ3n) is 6.66. The molecule has 3 aliphatic rings. The molecule has 5 rings (SSSR count). The number of amides is 2. The van der Waals surface area contributed by atoms with Gasteiger partial charge in [-0.1, -0.05) is 48.5 Å². The van der Waals surface area contributed by atoms with E-state index in [1.165, 1.54) is 0 Å². The zero-order valence-corrected chi connectivity index (χ0v) is 17.6. The monoisotopic (exact) mass is 456 g/mol. The molecule has 9 heteroatoms. The van der Waals surface area contributed by atoms with Crippen LogP contribution in [0.3, 0.4) is 0 Å². The number of carboxylic acids is 1. The Labute approximate surface area is 188 Å². The van der Waals surface area contributed by atoms with Crippen LogP contribution in [0, 0.1) is 0 Å². The number of ether oxygens (including phenoxy) is 1. The summed E-state index contributed by atoms with van der Waals surface area (Å²) in [4.78, 5) is 37.5. The zero-order valence-electron chi connectivity index (χ0n) is 17.6. The van der Waals surface area contributed by atoms with E-state index in [9.17, 15) is 28.3 Å². The van der Waals surface area contributed by atoms with Gasteiger partial charge in [-0.25, -0.2) is 18.4 Å². The predicted molar refractivity (Wildman–Crippen MR) is 113 cm³/mol. The number of halogens is 2. The van der Waals surface area contributed by atoms with Crippen LogP contribution in [0.5, 0.6) is 0 Å². The Morgan fingerprint density at radius 3 is 2.15 bits per heavy atom. The number of alkyl halides is 2. The van der Waals surface area contributed by atoms with Gasteiger partial charge in [0.15, 0.2) is 0 Å². The Morgan fingerprint density at radius 1 is 1.03 bits per heavy atom. The number of hydrogen-bond acceptors (Lipinski definition) is 4. The lowest BCUT2D eigenvalue weighted by Gasteiger charge is -2.26. The van der Waals surface area contributed by atoms with Gasteiger partial charge >= 0.3 is 12.1 Å². The molecule has 1 heterocycles. The molecule has 2 aromatic rings. The number of nitrogens with zero attached hydrogens (tertiary/aromatic N) is 1. The summed E-state index contributed by atoms with van der Waals surface area (Å²) in [5, 5.41) is 11.8. The summed E-state index contributed by atoms with van der Waals surface area (Å²) < 4.78 is 33.1. The van der Waals surface area contributed by atoms with E-state index in [4.69, 9.17) is 4.74 Å². The average molecular weight is 456 g/mol. The molecule has 2 aromatic carbocycles. The maximum absolute atomic E-state index is 13.8. The van der Waals surface area contributed by atoms with E-state index in [1.54, 1.807) is 0 Å². The van der Waals surface area contributed by atoms with E-state index < -0.39 is 48.4 Å². The molecule has 172 valence electrons. The molecule has 1 saturated carbocycles. The van der Waals surface area contributed by atoms with Crippen LogP contribution in [0.1, 0.15) is 36.3 Å². The Balaban J connectivity index is 1.27. The first-order chi connectivity index (χ1) is 15.7. The van der Waals surface area contributed by atoms with Gasteiger partial charge in [-0.2, -0.15) is 0 Å². The Kier molecular flexibility index (Phi) is 4.88. The second-order valence-electron chi connectivity index (χ2n) is 8.88. The molecule has 2 fully saturated rings. The lowest BCUT2D eigenvalue weighted by molar-refractivity contribution is -0.149. The Hall–Kier alpha value is -3.49. The molecule has 2 amide bonds. The zero-order chi connectivity index (χ0) is 23.4. The van der Waals surface area contributed by atoms with Crippen molar-refractivity contribution in [3.63, 3.8) is 0 Å². The molecule has 0 bridgehead atoms. The molecular weight excluding hydrogens is 434 g/mol. The summed E-state index contributed by atoms with van der Waals surface area (Å²) in [6.45, 7) is -0.930. The van der Waals surface area contributed by atoms with Gasteiger partial charge in [0.1, 0.15) is 18.2 Å². The number of aliphatic carboxylic acids is 1. The summed E-state index contributed by atoms with van der Waals surface area (Å²) in [6.07, 6.45) is -1.29. The van der Waals surface area contributed by atoms with Crippen LogP contribution < -0.4 is 5.32 Å². The van der Waals surface area contributed by atoms with Gasteiger partial charge in [0.25, 0.3) is 5.92 Å². The van der Waals surface area contributed by atoms with Crippen LogP contribution in [-0.2, 0) is 14.3 Å². The molecule has 1 aliphatic heterocycles. The third kappa shape index (κ3) is 3.71. The first-order valence-corrected chi connectivity index (χ1v) is 10.8. The van der Waals surface area contributed by atoms with E-state index >= 15 is 0 Å². The highest BCUT2D eigenvalue weighted by molar-refractivity contribution is 5.95. The minimum absolute atomic E-state index is 0.0453. The fourth-order valence-corrected chi connectivity index (χ4v) is 4.87. The van der Waals surface area contributed by atoms with E-state index in [2.05, 4.69) is 5.32 Å². The molecule has 1 saturated heterocycles. The van der Waals surface area contributed by atoms with Gasteiger partial charge in [-0.3, -0.25) is 4.79 Å². The first-order valence-electron chi connectivity index (χ1n) is 10.8. The van der Waals surface area contributed by atoms with Gasteiger partial charge in [-0.05, 0) is 35.1 Å². The minimum atomic E-state index is -3.28. The van der Waals surface area contributed by atoms with Crippen molar-refractivity contribution < 1.29 is 33.0 Å². The van der Waals surface area contributed by atoms with Gasteiger partial charge in [-0.15, -0.1) is 0 Å². The number of nitrogens with one attached hydrogen (secondary N) is 1. The Morgan fingerprint density at radius 2 is 1.61 bits per heavy atom. The number of carbonyl (C=O) groups excluding carboxylic acids is 2. The molecule has 0 spiro atoms. The second-order valence-corrected chi connectivity index (χ2v) is 8.88. The molecule has 1 atom stereocenters. The molecule has 0 radical (unpaired) electrons. The summed E-state index contributed by atoms with van der Waals surface area (Å²) >= 11 is 0. The van der Waals surface area contributed by atoms with Gasteiger partial charge in [0, 0.05) is 12.3 Å². The highest BCUT2D eigenvalue weighted by Crippen LogP contribution is 2.45. The van der Waals surface area contributed by atoms with E-state index in [1.807, 2.05) is 48.5 Å². The largest absolute Gasteiger partial charge is 0.480 e. The maximum Gasteiger partial charge on any atom is 0.408 e. The summed E-state index contributed by atoms with van der Waals surface area (Å²) in [7, 11) is 0. The quantitative estimate of drug-likeness (QED) is 0.719. The van der Waals surface area contributed by atoms with Crippen molar-refractivity contribution in [2.45, 2.75) is 42.7 Å². The molecular formula is C24H22F2N2O5. The molecule has 0 aromatic heterocycles. The highest BCUT2D eigenvalue weighted by Gasteiger charge is 2.59. The number of hydrogen-bond donors (Lipinski definition) is 2. The van der Waals surface area contributed by atoms with Crippen LogP contribution in [0.25, 0.3) is 11.1 Å². The van der Waals surface area contributed by atoms with E-state index in [0.29, 0.717) is 4.90 Å². The SMILES string of the molecule is O=C(NC1(C(=O)N2CC(F)(F)CC2C(=O)O)CC1)OCC1c2ccccc2-c2ccccc21. The second kappa shape index (κ2) is 7.54. The number of alkyl carbamates (subject to hydrolysis) is 1. The minimum Gasteiger partial charge on any atom is -0.480 e. The van der Waals surface area contributed by atoms with Crippen molar-refractivity contribution in [2.75, 3.05) is 13.2 Å². The van der Waals surface area contributed by atoms with E-state index in [-0.39, 0.29) is 25.4 Å². The fraction of sp³-hybridized carbons (Fsp3) is 0.375. The summed E-state index contributed by atoms with van der Waals surface area (Å²) in [5.41, 5.74) is 2.83. The van der Waals surface area contributed by atoms with Crippen molar-refractivity contribution in [3.05, 3.63) is 59.7 Å². The molecule has 2 N–H and O–H groups in total. The summed E-state index contributed by atoms with van der Waals surface area (Å²) in [6, 6.07) is 14.1. The van der Waals surface area contributed by atoms with Crippen LogP contribution in [0.15, 0.2) is 48.5 Å². The predicted octanol–water partition coefficient (Wildman–Crippen LogP) is 3.38. The van der Waals surface area contributed by atoms with Crippen molar-refractivity contribution in [1.29, 1.82) is 0 Å². The van der Waals surface area contributed by atoms with Crippen molar-refractivity contribution >= 4 is 18.0 Å². The normalized spacial score (nSPS) is 21.8. The van der Waals surface area contributed by atoms with Crippen molar-refractivity contribution in [3.8, 4) is 11.1 Å². The van der Waals surface area contributed by atoms with Gasteiger partial charge in [0.05, 0.1) is 6.54 Å². The lowest BCUT2D eigenvalue weighted by atomic mass is 9.98. The molecule has 33 heavy (non-hydrogen) atoms. The number of carbonyl (C=O) groups is 3. The fourth-order valence-electron chi connectivity index (χ4n) is 4.87. The van der Waals surface area contributed by atoms with Gasteiger partial charge < -0.3 is 20.1 Å². The third-order valence-corrected chi connectivity index (χ3v) is 6.66. The molecule has 2 aliphatic carbocycles. The maximum atomic E-state index is 13.8. The van der Waals surface area contributed by atoms with Crippen molar-refractivity contribution in [1.82, 2.24) is 10.2 Å². The summed E-state index contributed by atoms with van der Waals surface area (Å²) in [5.74, 6) is -5.74. The topological polar surface area (TPSA) is 95.9 Å². The smallest absolute Gasteiger partial charge is 0.408 e. The van der Waals surface area contributed by atoms with Crippen LogP contribution in [0.2, 0.25) is 0 Å². The number of benzene rings is 2.